The Morgan fingerprint density at radius 3 is 1.48 bits per heavy atom. The number of nitrogens with zero attached hydrogens (tertiary/aromatic N) is 6. The highest BCUT2D eigenvalue weighted by Gasteiger charge is 2.33. The number of allylic oxidation sites excluding steroid dienone is 8. The topological polar surface area (TPSA) is 245 Å². The first-order valence-corrected chi connectivity index (χ1v) is 45.2. The zero-order chi connectivity index (χ0) is 91.6. The van der Waals surface area contributed by atoms with Gasteiger partial charge in [0.05, 0.1) is 49.5 Å². The number of esters is 4. The van der Waals surface area contributed by atoms with E-state index in [2.05, 4.69) is 76.7 Å². The number of Topliss-reactive ketones (excluding diaryl/α,β-unsaturated/α-hetero) is 2. The number of para-hydroxylation sites is 1. The molecule has 0 bridgehead atoms. The molecule has 1 aromatic heterocycles. The lowest BCUT2D eigenvalue weighted by Crippen LogP contribution is -2.33. The minimum Gasteiger partial charge on any atom is -0.497 e. The molecule has 0 unspecified atom stereocenters. The molecule has 0 atom stereocenters. The number of nitriles is 2. The second-order valence-corrected chi connectivity index (χ2v) is 34.1. The lowest BCUT2D eigenvalue weighted by molar-refractivity contribution is -0.151. The second kappa shape index (κ2) is 56.2. The van der Waals surface area contributed by atoms with E-state index in [4.69, 9.17) is 34.2 Å². The number of hydrogen-bond donors (Lipinski definition) is 0. The summed E-state index contributed by atoms with van der Waals surface area (Å²) in [6, 6.07) is 54.2. The van der Waals surface area contributed by atoms with E-state index in [1.807, 2.05) is 166 Å². The first kappa shape index (κ1) is 105. The van der Waals surface area contributed by atoms with Crippen molar-refractivity contribution in [3.05, 3.63) is 268 Å². The Balaban J connectivity index is 0.000000326. The highest BCUT2D eigenvalue weighted by molar-refractivity contribution is 7.96. The first-order chi connectivity index (χ1) is 59.3. The maximum absolute atomic E-state index is 13.0. The van der Waals surface area contributed by atoms with Crippen LogP contribution in [0.3, 0.4) is 0 Å². The van der Waals surface area contributed by atoms with Gasteiger partial charge in [-0.2, -0.15) is 10.5 Å². The smallest absolute Gasteiger partial charge is 0.350 e. The van der Waals surface area contributed by atoms with E-state index < -0.39 is 27.7 Å². The predicted octanol–water partition coefficient (Wildman–Crippen LogP) is 22.9. The maximum atomic E-state index is 13.0. The number of aryl methyl sites for hydroxylation is 1. The molecule has 8 rings (SSSR count). The number of unbranched alkanes of at least 4 members (excludes halogenated alkanes) is 10. The fourth-order valence-corrected chi connectivity index (χ4v) is 14.3. The summed E-state index contributed by atoms with van der Waals surface area (Å²) < 4.78 is 54.2. The third-order valence-electron chi connectivity index (χ3n) is 20.7. The van der Waals surface area contributed by atoms with Crippen molar-refractivity contribution in [2.75, 3.05) is 53.6 Å². The molecular weight excluding hydrogens is 1570 g/mol. The molecule has 1 aliphatic rings. The first-order valence-electron chi connectivity index (χ1n) is 43.7. The van der Waals surface area contributed by atoms with Crippen molar-refractivity contribution in [2.45, 2.75) is 235 Å². The normalized spacial score (nSPS) is 12.7. The van der Waals surface area contributed by atoms with Gasteiger partial charge in [-0.15, -0.1) is 0 Å². The van der Waals surface area contributed by atoms with Crippen molar-refractivity contribution in [3.8, 4) is 29.1 Å². The van der Waals surface area contributed by atoms with Crippen LogP contribution in [0.1, 0.15) is 238 Å². The summed E-state index contributed by atoms with van der Waals surface area (Å²) in [5.74, 6) is -1.96. The van der Waals surface area contributed by atoms with Gasteiger partial charge in [-0.1, -0.05) is 226 Å². The molecule has 0 spiro atoms. The number of carbonyl (C=O) groups is 6. The SMILES string of the molecule is CC(C)OC(=O)C(=C/C=C1\CCC(C)(C)N1C)C(=O)OC(C)C.CCCCCCCCOC(=O)/C(=C/C=C/N(CC)CC)Cc1ccccc1.CCCCCCCCOC(=O)/C(=C/C=C/N(CC)CC)S(=O)(=O)c1ccccc1.COc1ccc(C(=O)CC(=O)c2ccc(C(C)(C)C)cc2)cc1.Cn1c(-c2ccccc2)c(C=C(C#N)C#N)c2ccccc21. The molecule has 2 heterocycles. The van der Waals surface area contributed by atoms with Crippen LogP contribution in [0.15, 0.2) is 245 Å². The number of carbonyl (C=O) groups excluding carboxylic acids is 6. The number of rotatable bonds is 40. The summed E-state index contributed by atoms with van der Waals surface area (Å²) >= 11 is 0. The molecule has 7 aromatic rings. The lowest BCUT2D eigenvalue weighted by Gasteiger charge is -2.30. The van der Waals surface area contributed by atoms with Crippen molar-refractivity contribution in [1.82, 2.24) is 19.3 Å². The van der Waals surface area contributed by atoms with Gasteiger partial charge < -0.3 is 43.0 Å². The molecule has 124 heavy (non-hydrogen) atoms. The quantitative estimate of drug-likeness (QED) is 0.00399. The van der Waals surface area contributed by atoms with Crippen LogP contribution in [0.2, 0.25) is 0 Å². The van der Waals surface area contributed by atoms with E-state index in [9.17, 15) is 37.2 Å². The Kier molecular flexibility index (Phi) is 47.5. The van der Waals surface area contributed by atoms with Gasteiger partial charge in [0.1, 0.15) is 29.0 Å². The number of fused-ring (bicyclic) bond motifs is 1. The molecule has 6 aromatic carbocycles. The minimum atomic E-state index is -3.95. The number of methoxy groups -OCH3 is 1. The Labute approximate surface area is 740 Å². The van der Waals surface area contributed by atoms with Crippen molar-refractivity contribution < 1.29 is 60.9 Å². The molecule has 1 fully saturated rings. The number of likely N-dealkylation sites (tertiary alicyclic amines) is 1. The standard InChI is InChI=1S/C24H37NO2.C23H35NO4S.C20H22O3.C19H13N3.C18H29NO4/c1-4-7-8-9-10-14-20-27-24(26)23(18-15-19-25(5-2)6-3)21-22-16-12-11-13-17-22;1-4-7-8-9-10-14-20-28-23(25)22(18-15-19-24(5-2)6-3)29(26,27)21-16-12-11-13-17-21;1-20(2,3)16-9-5-14(6-10-16)18(21)13-19(22)15-7-11-17(23-4)12-8-15;1-22-18-10-6-5-9-16(18)17(11-14(12-20)13-21)19(22)15-7-3-2-4-8-15;1-12(2)22-16(20)15(17(21)23-13(3)4)9-8-14-10-11-18(5,6)19(14)7/h11-13,15-19H,4-10,14,20-21H2,1-3H3;11-13,15-19H,4-10,14,20H2,1-3H3;5-12H,13H2,1-4H3;2-11H,1H3;8-9,12-13H,10-11H2,1-7H3/b19-15+,23-18+;19-15+,22-18-;;;14-8+. The molecule has 666 valence electrons. The summed E-state index contributed by atoms with van der Waals surface area (Å²) in [6.07, 6.45) is 30.9. The van der Waals surface area contributed by atoms with Crippen LogP contribution in [-0.4, -0.2) is 134 Å². The van der Waals surface area contributed by atoms with Crippen LogP contribution < -0.4 is 4.74 Å². The van der Waals surface area contributed by atoms with E-state index in [1.165, 1.54) is 69.2 Å². The molecule has 0 saturated carbocycles. The van der Waals surface area contributed by atoms with E-state index >= 15 is 0 Å². The Morgan fingerprint density at radius 1 is 0.556 bits per heavy atom. The fourth-order valence-electron chi connectivity index (χ4n) is 13.0. The van der Waals surface area contributed by atoms with Crippen molar-refractivity contribution in [3.63, 3.8) is 0 Å². The number of sulfone groups is 1. The maximum Gasteiger partial charge on any atom is 0.350 e. The zero-order valence-corrected chi connectivity index (χ0v) is 77.7. The largest absolute Gasteiger partial charge is 0.497 e. The molecule has 0 aliphatic carbocycles. The van der Waals surface area contributed by atoms with Crippen LogP contribution >= 0.6 is 0 Å². The molecule has 20 heteroatoms. The summed E-state index contributed by atoms with van der Waals surface area (Å²) in [5.41, 5.74) is 9.36. The van der Waals surface area contributed by atoms with Gasteiger partial charge in [0.2, 0.25) is 9.84 Å². The molecule has 1 aliphatic heterocycles. The van der Waals surface area contributed by atoms with Crippen molar-refractivity contribution >= 4 is 62.3 Å². The van der Waals surface area contributed by atoms with Gasteiger partial charge in [-0.3, -0.25) is 9.59 Å². The zero-order valence-electron chi connectivity index (χ0n) is 76.9. The van der Waals surface area contributed by atoms with Gasteiger partial charge in [-0.25, -0.2) is 27.6 Å². The summed E-state index contributed by atoms with van der Waals surface area (Å²) in [7, 11) is 1.64. The van der Waals surface area contributed by atoms with Crippen LogP contribution in [0, 0.1) is 22.7 Å². The van der Waals surface area contributed by atoms with Gasteiger partial charge in [0.25, 0.3) is 0 Å². The third kappa shape index (κ3) is 36.4. The summed E-state index contributed by atoms with van der Waals surface area (Å²) in [4.78, 5) is 80.0. The molecule has 19 nitrogen and oxygen atoms in total. The lowest BCUT2D eigenvalue weighted by atomic mass is 9.86. The number of ether oxygens (including phenoxy) is 5. The fraction of sp³-hybridized carbons (Fsp3) is 0.423. The Hall–Kier alpha value is -11.6. The summed E-state index contributed by atoms with van der Waals surface area (Å²) in [6.45, 7) is 34.6. The van der Waals surface area contributed by atoms with E-state index in [1.54, 1.807) is 108 Å². The molecule has 0 amide bonds. The Bertz CT molecular complexity index is 4850. The third-order valence-corrected chi connectivity index (χ3v) is 22.5. The average Bonchev–Trinajstić information content (AvgIpc) is 1.61. The van der Waals surface area contributed by atoms with Crippen LogP contribution in [0.25, 0.3) is 28.2 Å². The van der Waals surface area contributed by atoms with Crippen LogP contribution in [0.5, 0.6) is 5.75 Å². The molecule has 0 N–H and O–H groups in total. The van der Waals surface area contributed by atoms with Gasteiger partial charge >= 0.3 is 23.9 Å². The van der Waals surface area contributed by atoms with Crippen LogP contribution in [-0.2, 0) is 66.8 Å². The summed E-state index contributed by atoms with van der Waals surface area (Å²) in [5, 5.41) is 19.2. The van der Waals surface area contributed by atoms with Gasteiger partial charge in [0.15, 0.2) is 16.5 Å². The second-order valence-electron chi connectivity index (χ2n) is 32.2. The molecule has 1 saturated heterocycles. The van der Waals surface area contributed by atoms with Gasteiger partial charge in [0, 0.05) is 91.1 Å². The molecular formula is C104H136N6O13S. The minimum absolute atomic E-state index is 0.0422. The number of aromatic nitrogens is 1. The highest BCUT2D eigenvalue weighted by atomic mass is 32.2. The highest BCUT2D eigenvalue weighted by Crippen LogP contribution is 2.36. The van der Waals surface area contributed by atoms with Crippen molar-refractivity contribution in [1.29, 1.82) is 10.5 Å². The van der Waals surface area contributed by atoms with E-state index in [-0.39, 0.29) is 74.7 Å². The van der Waals surface area contributed by atoms with Crippen molar-refractivity contribution in [2.24, 2.45) is 7.05 Å². The van der Waals surface area contributed by atoms with E-state index in [0.29, 0.717) is 35.5 Å². The monoisotopic (exact) mass is 1710 g/mol. The Morgan fingerprint density at radius 2 is 1.02 bits per heavy atom. The predicted molar refractivity (Wildman–Crippen MR) is 501 cm³/mol. The number of ketones is 2. The average molecular weight is 1710 g/mol. The van der Waals surface area contributed by atoms with Gasteiger partial charge in [-0.05, 0) is 208 Å². The van der Waals surface area contributed by atoms with E-state index in [0.717, 1.165) is 116 Å². The van der Waals surface area contributed by atoms with Crippen LogP contribution in [0.4, 0.5) is 0 Å². The number of benzene rings is 6. The molecule has 0 radical (unpaired) electrons. The number of hydrogen-bond acceptors (Lipinski definition) is 18.